The number of nitrogens with zero attached hydrogens (tertiary/aromatic N) is 3. The highest BCUT2D eigenvalue weighted by molar-refractivity contribution is 5.86. The number of halogens is 3. The summed E-state index contributed by atoms with van der Waals surface area (Å²) in [6.45, 7) is 10.7. The van der Waals surface area contributed by atoms with E-state index in [0.717, 1.165) is 37.7 Å². The van der Waals surface area contributed by atoms with Gasteiger partial charge in [0.1, 0.15) is 6.10 Å². The monoisotopic (exact) mass is 433 g/mol. The van der Waals surface area contributed by atoms with Crippen molar-refractivity contribution < 1.29 is 4.74 Å². The van der Waals surface area contributed by atoms with Gasteiger partial charge in [-0.1, -0.05) is 44.2 Å². The molecule has 1 aliphatic rings. The van der Waals surface area contributed by atoms with Crippen LogP contribution < -0.4 is 9.64 Å². The maximum atomic E-state index is 6.17. The zero-order valence-electron chi connectivity index (χ0n) is 16.1. The van der Waals surface area contributed by atoms with E-state index in [9.17, 15) is 0 Å². The Kier molecular flexibility index (Phi) is 11.7. The molecule has 0 fully saturated rings. The Morgan fingerprint density at radius 2 is 1.67 bits per heavy atom. The molecule has 0 amide bonds. The lowest BCUT2D eigenvalue weighted by Crippen LogP contribution is -2.45. The molecule has 1 aromatic heterocycles. The third-order valence-corrected chi connectivity index (χ3v) is 4.81. The first-order valence-corrected chi connectivity index (χ1v) is 8.90. The minimum absolute atomic E-state index is 0. The number of pyridine rings is 1. The summed E-state index contributed by atoms with van der Waals surface area (Å²) >= 11 is 0. The lowest BCUT2D eigenvalue weighted by Gasteiger charge is -2.42. The average Bonchev–Trinajstić information content (AvgIpc) is 2.63. The van der Waals surface area contributed by atoms with Crippen LogP contribution in [0.15, 0.2) is 48.7 Å². The number of rotatable bonds is 6. The van der Waals surface area contributed by atoms with Gasteiger partial charge in [-0.05, 0) is 37.7 Å². The van der Waals surface area contributed by atoms with E-state index in [0.29, 0.717) is 0 Å². The minimum atomic E-state index is 0. The van der Waals surface area contributed by atoms with E-state index in [-0.39, 0.29) is 49.4 Å². The lowest BCUT2D eigenvalue weighted by atomic mass is 9.98. The first-order chi connectivity index (χ1) is 11.7. The molecule has 7 heteroatoms. The summed E-state index contributed by atoms with van der Waals surface area (Å²) in [4.78, 5) is 9.49. The van der Waals surface area contributed by atoms with E-state index >= 15 is 0 Å². The van der Waals surface area contributed by atoms with Crippen molar-refractivity contribution in [2.24, 2.45) is 0 Å². The second kappa shape index (κ2) is 12.3. The summed E-state index contributed by atoms with van der Waals surface area (Å²) in [5.74, 6) is 1.84. The molecule has 0 aliphatic carbocycles. The quantitative estimate of drug-likeness (QED) is 0.638. The van der Waals surface area contributed by atoms with Crippen molar-refractivity contribution in [2.45, 2.75) is 32.9 Å². The predicted molar refractivity (Wildman–Crippen MR) is 120 cm³/mol. The van der Waals surface area contributed by atoms with Crippen LogP contribution in [0.1, 0.15) is 32.4 Å². The number of aromatic nitrogens is 1. The van der Waals surface area contributed by atoms with E-state index in [1.807, 2.05) is 18.3 Å². The first-order valence-electron chi connectivity index (χ1n) is 8.90. The molecule has 4 nitrogen and oxygen atoms in total. The fourth-order valence-corrected chi connectivity index (χ4v) is 3.47. The van der Waals surface area contributed by atoms with Crippen molar-refractivity contribution in [1.82, 2.24) is 9.88 Å². The van der Waals surface area contributed by atoms with E-state index < -0.39 is 0 Å². The molecule has 2 heterocycles. The van der Waals surface area contributed by atoms with Gasteiger partial charge < -0.3 is 14.5 Å². The number of hydrogen-bond donors (Lipinski definition) is 0. The van der Waals surface area contributed by atoms with Crippen LogP contribution in [0.25, 0.3) is 0 Å². The number of hydrogen-bond acceptors (Lipinski definition) is 4. The summed E-state index contributed by atoms with van der Waals surface area (Å²) in [6.07, 6.45) is 1.94. The van der Waals surface area contributed by atoms with Crippen molar-refractivity contribution in [3.05, 3.63) is 54.2 Å². The van der Waals surface area contributed by atoms with Gasteiger partial charge in [-0.3, -0.25) is 0 Å². The molecule has 0 saturated carbocycles. The number of likely N-dealkylation sites (N-methyl/N-ethyl adjacent to an activating group) is 1. The molecular weight excluding hydrogens is 405 g/mol. The van der Waals surface area contributed by atoms with Crippen LogP contribution in [0.2, 0.25) is 0 Å². The molecular formula is C20H30Cl3N3O. The molecule has 2 aromatic rings. The average molecular weight is 435 g/mol. The van der Waals surface area contributed by atoms with Gasteiger partial charge >= 0.3 is 0 Å². The van der Waals surface area contributed by atoms with Gasteiger partial charge in [-0.2, -0.15) is 0 Å². The van der Waals surface area contributed by atoms with Crippen molar-refractivity contribution in [1.29, 1.82) is 0 Å². The fourth-order valence-electron chi connectivity index (χ4n) is 3.47. The molecule has 2 unspecified atom stereocenters. The Morgan fingerprint density at radius 3 is 2.30 bits per heavy atom. The highest BCUT2D eigenvalue weighted by Crippen LogP contribution is 2.40. The largest absolute Gasteiger partial charge is 0.484 e. The van der Waals surface area contributed by atoms with Crippen molar-refractivity contribution >= 4 is 43.0 Å². The van der Waals surface area contributed by atoms with Crippen molar-refractivity contribution in [3.63, 3.8) is 0 Å². The number of benzene rings is 1. The molecule has 0 radical (unpaired) electrons. The lowest BCUT2D eigenvalue weighted by molar-refractivity contribution is 0.164. The molecule has 2 atom stereocenters. The summed E-state index contributed by atoms with van der Waals surface area (Å²) in [5.41, 5.74) is 1.28. The zero-order valence-corrected chi connectivity index (χ0v) is 18.5. The zero-order chi connectivity index (χ0) is 16.9. The summed E-state index contributed by atoms with van der Waals surface area (Å²) in [6, 6.07) is 14.8. The third kappa shape index (κ3) is 5.89. The molecule has 0 N–H and O–H groups in total. The van der Waals surface area contributed by atoms with Crippen LogP contribution in [0.4, 0.5) is 5.82 Å². The molecule has 1 aromatic carbocycles. The fraction of sp³-hybridized carbons (Fsp3) is 0.450. The van der Waals surface area contributed by atoms with Crippen molar-refractivity contribution in [3.8, 4) is 5.75 Å². The number of ether oxygens (including phenoxy) is 1. The van der Waals surface area contributed by atoms with Gasteiger partial charge in [0.25, 0.3) is 0 Å². The van der Waals surface area contributed by atoms with Crippen LogP contribution in [0, 0.1) is 0 Å². The summed E-state index contributed by atoms with van der Waals surface area (Å²) in [5, 5.41) is 0. The molecule has 152 valence electrons. The normalized spacial score (nSPS) is 17.7. The van der Waals surface area contributed by atoms with Gasteiger partial charge in [-0.15, -0.1) is 37.2 Å². The van der Waals surface area contributed by atoms with E-state index in [1.54, 1.807) is 0 Å². The topological polar surface area (TPSA) is 28.6 Å². The highest BCUT2D eigenvalue weighted by Gasteiger charge is 2.35. The van der Waals surface area contributed by atoms with Crippen LogP contribution in [0.3, 0.4) is 0 Å². The van der Waals surface area contributed by atoms with Gasteiger partial charge in [0, 0.05) is 19.3 Å². The second-order valence-electron chi connectivity index (χ2n) is 6.22. The van der Waals surface area contributed by atoms with Crippen LogP contribution in [-0.2, 0) is 0 Å². The molecule has 27 heavy (non-hydrogen) atoms. The molecule has 0 spiro atoms. The van der Waals surface area contributed by atoms with Gasteiger partial charge in [0.05, 0.1) is 6.04 Å². The number of fused-ring (bicyclic) bond motifs is 1. The van der Waals surface area contributed by atoms with Crippen LogP contribution in [-0.4, -0.2) is 42.2 Å². The SMILES string of the molecule is CCN(CC)CCN1c2ncccc2OC(C)C1c1ccccc1.Cl.Cl.Cl. The Bertz CT molecular complexity index is 656. The van der Waals surface area contributed by atoms with E-state index in [4.69, 9.17) is 4.74 Å². The molecule has 0 saturated heterocycles. The van der Waals surface area contributed by atoms with E-state index in [2.05, 4.69) is 65.9 Å². The molecule has 3 rings (SSSR count). The minimum Gasteiger partial charge on any atom is -0.484 e. The van der Waals surface area contributed by atoms with Gasteiger partial charge in [-0.25, -0.2) is 4.98 Å². The molecule has 1 aliphatic heterocycles. The highest BCUT2D eigenvalue weighted by atomic mass is 35.5. The third-order valence-electron chi connectivity index (χ3n) is 4.81. The summed E-state index contributed by atoms with van der Waals surface area (Å²) < 4.78 is 6.17. The smallest absolute Gasteiger partial charge is 0.172 e. The Labute approximate surface area is 181 Å². The molecule has 0 bridgehead atoms. The first kappa shape index (κ1) is 25.8. The standard InChI is InChI=1S/C20H27N3O.3ClH/c1-4-22(5-2)14-15-23-19(17-10-7-6-8-11-17)16(3)24-18-12-9-13-21-20(18)23;;;/h6-13,16,19H,4-5,14-15H2,1-3H3;3*1H. The van der Waals surface area contributed by atoms with Gasteiger partial charge in [0.15, 0.2) is 11.6 Å². The van der Waals surface area contributed by atoms with Crippen molar-refractivity contribution in [2.75, 3.05) is 31.1 Å². The van der Waals surface area contributed by atoms with Gasteiger partial charge in [0.2, 0.25) is 0 Å². The second-order valence-corrected chi connectivity index (χ2v) is 6.22. The van der Waals surface area contributed by atoms with Crippen LogP contribution in [0.5, 0.6) is 5.75 Å². The van der Waals surface area contributed by atoms with Crippen LogP contribution >= 0.6 is 37.2 Å². The Balaban J connectivity index is 0.00000225. The summed E-state index contributed by atoms with van der Waals surface area (Å²) in [7, 11) is 0. The Hall–Kier alpha value is -1.20. The predicted octanol–water partition coefficient (Wildman–Crippen LogP) is 5.02. The maximum absolute atomic E-state index is 6.17. The Morgan fingerprint density at radius 1 is 1.00 bits per heavy atom. The maximum Gasteiger partial charge on any atom is 0.172 e. The van der Waals surface area contributed by atoms with E-state index in [1.165, 1.54) is 5.56 Å². The number of anilines is 1.